The van der Waals surface area contributed by atoms with E-state index in [1.54, 1.807) is 12.1 Å². The van der Waals surface area contributed by atoms with Crippen LogP contribution >= 0.6 is 0 Å². The van der Waals surface area contributed by atoms with Gasteiger partial charge in [0.25, 0.3) is 5.91 Å². The van der Waals surface area contributed by atoms with E-state index in [2.05, 4.69) is 5.32 Å². The number of hydrogen-bond acceptors (Lipinski definition) is 5. The second-order valence-corrected chi connectivity index (χ2v) is 9.85. The molecular formula is C23H28N2O5S. The molecule has 2 aromatic rings. The molecule has 0 radical (unpaired) electrons. The van der Waals surface area contributed by atoms with Gasteiger partial charge in [-0.15, -0.1) is 0 Å². The predicted molar refractivity (Wildman–Crippen MR) is 117 cm³/mol. The number of sulfonamides is 1. The highest BCUT2D eigenvalue weighted by Crippen LogP contribution is 2.21. The highest BCUT2D eigenvalue weighted by Gasteiger charge is 2.27. The molecule has 4 rings (SSSR count). The van der Waals surface area contributed by atoms with Crippen molar-refractivity contribution < 1.29 is 22.7 Å². The summed E-state index contributed by atoms with van der Waals surface area (Å²) in [6.07, 6.45) is 4.08. The lowest BCUT2D eigenvalue weighted by molar-refractivity contribution is 0.0679. The topological polar surface area (TPSA) is 84.9 Å². The van der Waals surface area contributed by atoms with Gasteiger partial charge < -0.3 is 14.8 Å². The number of nitrogens with zero attached hydrogens (tertiary/aromatic N) is 1. The number of carbonyl (C=O) groups excluding carboxylic acids is 1. The van der Waals surface area contributed by atoms with Crippen molar-refractivity contribution in [1.82, 2.24) is 9.62 Å². The van der Waals surface area contributed by atoms with E-state index in [0.29, 0.717) is 31.8 Å². The Morgan fingerprint density at radius 2 is 1.74 bits per heavy atom. The summed E-state index contributed by atoms with van der Waals surface area (Å²) < 4.78 is 38.0. The molecule has 0 aromatic heterocycles. The molecule has 0 spiro atoms. The van der Waals surface area contributed by atoms with Crippen molar-refractivity contribution in [3.8, 4) is 5.75 Å². The molecule has 1 N–H and O–H groups in total. The Morgan fingerprint density at radius 1 is 1.03 bits per heavy atom. The van der Waals surface area contributed by atoms with Crippen LogP contribution in [-0.2, 0) is 21.3 Å². The van der Waals surface area contributed by atoms with Crippen molar-refractivity contribution in [3.63, 3.8) is 0 Å². The maximum atomic E-state index is 12.6. The third-order valence-corrected chi connectivity index (χ3v) is 7.57. The summed E-state index contributed by atoms with van der Waals surface area (Å²) in [6, 6.07) is 13.7. The van der Waals surface area contributed by atoms with Crippen molar-refractivity contribution in [1.29, 1.82) is 0 Å². The second-order valence-electron chi connectivity index (χ2n) is 7.91. The normalized spacial score (nSPS) is 19.4. The van der Waals surface area contributed by atoms with Crippen LogP contribution in [-0.4, -0.2) is 51.0 Å². The molecule has 2 aromatic carbocycles. The molecule has 2 fully saturated rings. The summed E-state index contributed by atoms with van der Waals surface area (Å²) in [4.78, 5) is 12.7. The summed E-state index contributed by atoms with van der Waals surface area (Å²) in [6.45, 7) is 2.85. The van der Waals surface area contributed by atoms with Crippen molar-refractivity contribution in [2.45, 2.75) is 43.2 Å². The molecule has 1 amide bonds. The van der Waals surface area contributed by atoms with E-state index >= 15 is 0 Å². The van der Waals surface area contributed by atoms with Gasteiger partial charge in [0.05, 0.1) is 11.0 Å². The van der Waals surface area contributed by atoms with Crippen LogP contribution in [0.4, 0.5) is 0 Å². The van der Waals surface area contributed by atoms with Crippen LogP contribution in [0.25, 0.3) is 0 Å². The largest absolute Gasteiger partial charge is 0.491 e. The highest BCUT2D eigenvalue weighted by atomic mass is 32.2. The van der Waals surface area contributed by atoms with Crippen LogP contribution in [0.1, 0.15) is 41.6 Å². The summed E-state index contributed by atoms with van der Waals surface area (Å²) in [5, 5.41) is 2.87. The van der Waals surface area contributed by atoms with Crippen LogP contribution in [0, 0.1) is 0 Å². The van der Waals surface area contributed by atoms with E-state index in [0.717, 1.165) is 43.6 Å². The second kappa shape index (κ2) is 9.80. The molecule has 8 heteroatoms. The lowest BCUT2D eigenvalue weighted by Crippen LogP contribution is -2.28. The minimum absolute atomic E-state index is 0.177. The Morgan fingerprint density at radius 3 is 2.39 bits per heavy atom. The maximum Gasteiger partial charge on any atom is 0.251 e. The molecule has 7 nitrogen and oxygen atoms in total. The zero-order chi connectivity index (χ0) is 21.7. The van der Waals surface area contributed by atoms with Crippen LogP contribution in [0.5, 0.6) is 5.75 Å². The standard InChI is InChI=1S/C23H28N2O5S/c26-23(19-7-11-22(12-8-19)31(27,28)25-13-1-2-14-25)24-16-18-5-9-20(10-6-18)30-17-21-4-3-15-29-21/h5-12,21H,1-4,13-17H2,(H,24,26). The van der Waals surface area contributed by atoms with E-state index in [4.69, 9.17) is 9.47 Å². The van der Waals surface area contributed by atoms with Crippen molar-refractivity contribution in [3.05, 3.63) is 59.7 Å². The molecule has 166 valence electrons. The first-order chi connectivity index (χ1) is 15.0. The van der Waals surface area contributed by atoms with Gasteiger partial charge in [-0.3, -0.25) is 4.79 Å². The Balaban J connectivity index is 1.28. The fourth-order valence-corrected chi connectivity index (χ4v) is 5.33. The lowest BCUT2D eigenvalue weighted by Gasteiger charge is -2.15. The van der Waals surface area contributed by atoms with E-state index in [1.807, 2.05) is 24.3 Å². The Kier molecular flexibility index (Phi) is 6.89. The minimum Gasteiger partial charge on any atom is -0.491 e. The Hall–Kier alpha value is -2.42. The fraction of sp³-hybridized carbons (Fsp3) is 0.435. The number of carbonyl (C=O) groups is 1. The predicted octanol–water partition coefficient (Wildman–Crippen LogP) is 2.96. The molecule has 1 atom stereocenters. The summed E-state index contributed by atoms with van der Waals surface area (Å²) in [7, 11) is -3.47. The monoisotopic (exact) mass is 444 g/mol. The number of amides is 1. The molecule has 2 heterocycles. The van der Waals surface area contributed by atoms with E-state index in [9.17, 15) is 13.2 Å². The van der Waals surface area contributed by atoms with Crippen LogP contribution in [0.2, 0.25) is 0 Å². The first-order valence-corrected chi connectivity index (χ1v) is 12.2. The van der Waals surface area contributed by atoms with E-state index in [-0.39, 0.29) is 16.9 Å². The fourth-order valence-electron chi connectivity index (χ4n) is 3.81. The van der Waals surface area contributed by atoms with Gasteiger partial charge >= 0.3 is 0 Å². The van der Waals surface area contributed by atoms with Gasteiger partial charge in [-0.25, -0.2) is 8.42 Å². The van der Waals surface area contributed by atoms with Gasteiger partial charge in [0.1, 0.15) is 12.4 Å². The first-order valence-electron chi connectivity index (χ1n) is 10.7. The zero-order valence-corrected chi connectivity index (χ0v) is 18.3. The van der Waals surface area contributed by atoms with Crippen molar-refractivity contribution in [2.24, 2.45) is 0 Å². The number of rotatable bonds is 8. The average Bonchev–Trinajstić information content (AvgIpc) is 3.51. The van der Waals surface area contributed by atoms with Crippen LogP contribution < -0.4 is 10.1 Å². The van der Waals surface area contributed by atoms with E-state index < -0.39 is 10.0 Å². The average molecular weight is 445 g/mol. The Labute approximate surface area is 183 Å². The van der Waals surface area contributed by atoms with Crippen molar-refractivity contribution >= 4 is 15.9 Å². The van der Waals surface area contributed by atoms with Gasteiger partial charge in [0.15, 0.2) is 0 Å². The van der Waals surface area contributed by atoms with Gasteiger partial charge in [0, 0.05) is 31.8 Å². The smallest absolute Gasteiger partial charge is 0.251 e. The van der Waals surface area contributed by atoms with Crippen molar-refractivity contribution in [2.75, 3.05) is 26.3 Å². The SMILES string of the molecule is O=C(NCc1ccc(OCC2CCCO2)cc1)c1ccc(S(=O)(=O)N2CCCC2)cc1. The zero-order valence-electron chi connectivity index (χ0n) is 17.5. The number of ether oxygens (including phenoxy) is 2. The molecule has 0 bridgehead atoms. The molecule has 2 aliphatic rings. The minimum atomic E-state index is -3.47. The van der Waals surface area contributed by atoms with Gasteiger partial charge in [0.2, 0.25) is 10.0 Å². The molecule has 2 saturated heterocycles. The molecule has 31 heavy (non-hydrogen) atoms. The van der Waals surface area contributed by atoms with E-state index in [1.165, 1.54) is 16.4 Å². The van der Waals surface area contributed by atoms with Gasteiger partial charge in [-0.1, -0.05) is 12.1 Å². The molecule has 1 unspecified atom stereocenters. The number of nitrogens with one attached hydrogen (secondary N) is 1. The van der Waals surface area contributed by atoms with Gasteiger partial charge in [-0.2, -0.15) is 4.31 Å². The maximum absolute atomic E-state index is 12.6. The summed E-state index contributed by atoms with van der Waals surface area (Å²) in [5.41, 5.74) is 1.38. The highest BCUT2D eigenvalue weighted by molar-refractivity contribution is 7.89. The summed E-state index contributed by atoms with van der Waals surface area (Å²) in [5.74, 6) is 0.532. The molecule has 0 aliphatic carbocycles. The molecule has 2 aliphatic heterocycles. The molecule has 0 saturated carbocycles. The number of hydrogen-bond donors (Lipinski definition) is 1. The van der Waals surface area contributed by atoms with Crippen LogP contribution in [0.15, 0.2) is 53.4 Å². The first kappa shape index (κ1) is 21.8. The third kappa shape index (κ3) is 5.44. The Bertz CT molecular complexity index is 978. The third-order valence-electron chi connectivity index (χ3n) is 5.66. The molecular weight excluding hydrogens is 416 g/mol. The van der Waals surface area contributed by atoms with Gasteiger partial charge in [-0.05, 0) is 67.6 Å². The lowest BCUT2D eigenvalue weighted by atomic mass is 10.2. The quantitative estimate of drug-likeness (QED) is 0.677. The van der Waals surface area contributed by atoms with Crippen LogP contribution in [0.3, 0.4) is 0 Å². The summed E-state index contributed by atoms with van der Waals surface area (Å²) >= 11 is 0. The number of benzene rings is 2.